The fourth-order valence-corrected chi connectivity index (χ4v) is 2.33. The highest BCUT2D eigenvalue weighted by Gasteiger charge is 2.34. The molecule has 1 heteroatoms. The summed E-state index contributed by atoms with van der Waals surface area (Å²) in [6.07, 6.45) is 5.82. The van der Waals surface area contributed by atoms with Crippen molar-refractivity contribution in [1.82, 2.24) is 5.32 Å². The molecule has 0 aromatic heterocycles. The van der Waals surface area contributed by atoms with E-state index in [1.54, 1.807) is 0 Å². The maximum Gasteiger partial charge on any atom is 0.0125 e. The minimum Gasteiger partial charge on any atom is -0.311 e. The zero-order valence-electron chi connectivity index (χ0n) is 10.2. The quantitative estimate of drug-likeness (QED) is 0.681. The van der Waals surface area contributed by atoms with Gasteiger partial charge in [-0.3, -0.25) is 0 Å². The van der Waals surface area contributed by atoms with E-state index in [-0.39, 0.29) is 0 Å². The van der Waals surface area contributed by atoms with Gasteiger partial charge in [-0.2, -0.15) is 0 Å². The fraction of sp³-hybridized carbons (Fsp3) is 0.846. The summed E-state index contributed by atoms with van der Waals surface area (Å²) in [6.45, 7) is 14.3. The Morgan fingerprint density at radius 2 is 2.14 bits per heavy atom. The van der Waals surface area contributed by atoms with Crippen molar-refractivity contribution in [3.05, 3.63) is 12.7 Å². The second-order valence-electron chi connectivity index (χ2n) is 5.98. The first-order chi connectivity index (χ1) is 6.37. The highest BCUT2D eigenvalue weighted by molar-refractivity contribution is 4.93. The van der Waals surface area contributed by atoms with Gasteiger partial charge >= 0.3 is 0 Å². The van der Waals surface area contributed by atoms with Crippen LogP contribution in [-0.2, 0) is 0 Å². The molecule has 1 nitrogen and oxygen atoms in total. The molecule has 1 N–H and O–H groups in total. The van der Waals surface area contributed by atoms with Gasteiger partial charge < -0.3 is 5.32 Å². The first kappa shape index (κ1) is 11.8. The summed E-state index contributed by atoms with van der Waals surface area (Å²) in [5.41, 5.74) is 0.756. The average molecular weight is 195 g/mol. The lowest BCUT2D eigenvalue weighted by Crippen LogP contribution is -2.49. The number of rotatable bonds is 3. The molecule has 0 spiro atoms. The molecule has 0 aromatic carbocycles. The van der Waals surface area contributed by atoms with Crippen LogP contribution in [0.3, 0.4) is 0 Å². The third-order valence-corrected chi connectivity index (χ3v) is 3.72. The predicted octanol–water partition coefficient (Wildman–Crippen LogP) is 3.37. The number of nitrogens with one attached hydrogen (secondary N) is 1. The second-order valence-corrected chi connectivity index (χ2v) is 5.98. The van der Waals surface area contributed by atoms with Crippen LogP contribution in [0.25, 0.3) is 0 Å². The predicted molar refractivity (Wildman–Crippen MR) is 63.4 cm³/mol. The van der Waals surface area contributed by atoms with Crippen LogP contribution in [0.2, 0.25) is 0 Å². The lowest BCUT2D eigenvalue weighted by atomic mass is 9.70. The highest BCUT2D eigenvalue weighted by Crippen LogP contribution is 2.37. The Morgan fingerprint density at radius 1 is 1.50 bits per heavy atom. The van der Waals surface area contributed by atoms with Crippen molar-refractivity contribution in [2.24, 2.45) is 11.3 Å². The molecule has 0 aliphatic carbocycles. The molecule has 1 atom stereocenters. The summed E-state index contributed by atoms with van der Waals surface area (Å²) >= 11 is 0. The first-order valence-corrected chi connectivity index (χ1v) is 5.73. The maximum atomic E-state index is 3.85. The van der Waals surface area contributed by atoms with Gasteiger partial charge in [-0.25, -0.2) is 0 Å². The van der Waals surface area contributed by atoms with Crippen molar-refractivity contribution in [1.29, 1.82) is 0 Å². The SMILES string of the molecule is C=CCC(C)(C)C1CCC(C)(C)NC1. The van der Waals surface area contributed by atoms with E-state index in [1.807, 2.05) is 0 Å². The maximum absolute atomic E-state index is 3.85. The Labute approximate surface area is 89.0 Å². The van der Waals surface area contributed by atoms with Crippen LogP contribution in [-0.4, -0.2) is 12.1 Å². The van der Waals surface area contributed by atoms with Gasteiger partial charge in [0.05, 0.1) is 0 Å². The van der Waals surface area contributed by atoms with Crippen molar-refractivity contribution in [2.75, 3.05) is 6.54 Å². The molecule has 1 rings (SSSR count). The molecule has 0 bridgehead atoms. The molecule has 14 heavy (non-hydrogen) atoms. The van der Waals surface area contributed by atoms with Crippen molar-refractivity contribution >= 4 is 0 Å². The Bertz CT molecular complexity index is 193. The molecule has 0 radical (unpaired) electrons. The van der Waals surface area contributed by atoms with Crippen molar-refractivity contribution in [2.45, 2.75) is 52.5 Å². The van der Waals surface area contributed by atoms with Crippen LogP contribution in [0.15, 0.2) is 12.7 Å². The van der Waals surface area contributed by atoms with E-state index in [9.17, 15) is 0 Å². The molecular weight excluding hydrogens is 170 g/mol. The summed E-state index contributed by atoms with van der Waals surface area (Å²) in [6, 6.07) is 0. The van der Waals surface area contributed by atoms with Crippen LogP contribution in [0, 0.1) is 11.3 Å². The molecule has 0 amide bonds. The molecule has 0 aromatic rings. The standard InChI is InChI=1S/C13H25N/c1-6-8-12(2,3)11-7-9-13(4,5)14-10-11/h6,11,14H,1,7-10H2,2-5H3. The summed E-state index contributed by atoms with van der Waals surface area (Å²) < 4.78 is 0. The van der Waals surface area contributed by atoms with Crippen molar-refractivity contribution in [3.8, 4) is 0 Å². The fourth-order valence-electron chi connectivity index (χ4n) is 2.33. The van der Waals surface area contributed by atoms with Gasteiger partial charge in [-0.1, -0.05) is 19.9 Å². The minimum atomic E-state index is 0.348. The van der Waals surface area contributed by atoms with Gasteiger partial charge in [0, 0.05) is 5.54 Å². The molecular formula is C13H25N. The summed E-state index contributed by atoms with van der Waals surface area (Å²) in [5.74, 6) is 0.800. The number of allylic oxidation sites excluding steroid dienone is 1. The summed E-state index contributed by atoms with van der Waals surface area (Å²) in [4.78, 5) is 0. The van der Waals surface area contributed by atoms with E-state index in [4.69, 9.17) is 0 Å². The van der Waals surface area contributed by atoms with Gasteiger partial charge in [-0.05, 0) is 51.0 Å². The smallest absolute Gasteiger partial charge is 0.0125 e. The lowest BCUT2D eigenvalue weighted by molar-refractivity contribution is 0.129. The first-order valence-electron chi connectivity index (χ1n) is 5.73. The van der Waals surface area contributed by atoms with E-state index in [0.29, 0.717) is 11.0 Å². The molecule has 0 saturated carbocycles. The summed E-state index contributed by atoms with van der Waals surface area (Å²) in [5, 5.41) is 3.64. The third-order valence-electron chi connectivity index (χ3n) is 3.72. The Balaban J connectivity index is 2.52. The van der Waals surface area contributed by atoms with Gasteiger partial charge in [0.2, 0.25) is 0 Å². The van der Waals surface area contributed by atoms with Crippen LogP contribution in [0.5, 0.6) is 0 Å². The topological polar surface area (TPSA) is 12.0 Å². The second kappa shape index (κ2) is 4.06. The molecule has 1 unspecified atom stereocenters. The molecule has 1 fully saturated rings. The largest absolute Gasteiger partial charge is 0.311 e. The zero-order chi connectivity index (χ0) is 10.8. The van der Waals surface area contributed by atoms with Gasteiger partial charge in [0.25, 0.3) is 0 Å². The number of piperidine rings is 1. The highest BCUT2D eigenvalue weighted by atomic mass is 15.0. The Morgan fingerprint density at radius 3 is 2.57 bits per heavy atom. The third kappa shape index (κ3) is 2.84. The Kier molecular flexibility index (Phi) is 3.41. The molecule has 1 aliphatic rings. The minimum absolute atomic E-state index is 0.348. The summed E-state index contributed by atoms with van der Waals surface area (Å²) in [7, 11) is 0. The van der Waals surface area contributed by atoms with Crippen molar-refractivity contribution < 1.29 is 0 Å². The number of hydrogen-bond donors (Lipinski definition) is 1. The van der Waals surface area contributed by atoms with Gasteiger partial charge in [0.15, 0.2) is 0 Å². The average Bonchev–Trinajstić information content (AvgIpc) is 2.03. The Hall–Kier alpha value is -0.300. The normalized spacial score (nSPS) is 27.3. The molecule has 1 heterocycles. The lowest BCUT2D eigenvalue weighted by Gasteiger charge is -2.42. The number of hydrogen-bond acceptors (Lipinski definition) is 1. The van der Waals surface area contributed by atoms with E-state index in [2.05, 4.69) is 45.7 Å². The molecule has 1 aliphatic heterocycles. The van der Waals surface area contributed by atoms with Gasteiger partial charge in [0.1, 0.15) is 0 Å². The van der Waals surface area contributed by atoms with E-state index in [0.717, 1.165) is 18.9 Å². The van der Waals surface area contributed by atoms with E-state index in [1.165, 1.54) is 12.8 Å². The van der Waals surface area contributed by atoms with Crippen LogP contribution >= 0.6 is 0 Å². The zero-order valence-corrected chi connectivity index (χ0v) is 10.2. The van der Waals surface area contributed by atoms with Crippen LogP contribution < -0.4 is 5.32 Å². The van der Waals surface area contributed by atoms with Crippen LogP contribution in [0.1, 0.15) is 47.0 Å². The molecule has 82 valence electrons. The molecule has 1 saturated heterocycles. The monoisotopic (exact) mass is 195 g/mol. The van der Waals surface area contributed by atoms with E-state index >= 15 is 0 Å². The van der Waals surface area contributed by atoms with Crippen LogP contribution in [0.4, 0.5) is 0 Å². The van der Waals surface area contributed by atoms with Crippen molar-refractivity contribution in [3.63, 3.8) is 0 Å². The van der Waals surface area contributed by atoms with E-state index < -0.39 is 0 Å². The van der Waals surface area contributed by atoms with Gasteiger partial charge in [-0.15, -0.1) is 6.58 Å².